The highest BCUT2D eigenvalue weighted by molar-refractivity contribution is 5.97. The van der Waals surface area contributed by atoms with Crippen LogP contribution in [0.5, 0.6) is 0 Å². The van der Waals surface area contributed by atoms with Crippen molar-refractivity contribution in [2.45, 2.75) is 71.4 Å². The fraction of sp³-hybridized carbons (Fsp3) is 0.800. The van der Waals surface area contributed by atoms with Gasteiger partial charge in [0.1, 0.15) is 6.04 Å². The molecule has 4 N–H and O–H groups in total. The van der Waals surface area contributed by atoms with Gasteiger partial charge in [-0.15, -0.1) is 0 Å². The Morgan fingerprint density at radius 1 is 0.964 bits per heavy atom. The quantitative estimate of drug-likeness (QED) is 0.589. The lowest BCUT2D eigenvalue weighted by molar-refractivity contribution is -0.162. The van der Waals surface area contributed by atoms with Crippen molar-refractivity contribution in [2.24, 2.45) is 34.8 Å². The van der Waals surface area contributed by atoms with Crippen LogP contribution >= 0.6 is 0 Å². The van der Waals surface area contributed by atoms with Gasteiger partial charge in [-0.05, 0) is 69.1 Å². The molecule has 0 aromatic carbocycles. The molecule has 156 valence electrons. The number of ether oxygens (including phenoxy) is 1. The average molecular weight is 393 g/mol. The zero-order chi connectivity index (χ0) is 20.6. The summed E-state index contributed by atoms with van der Waals surface area (Å²) in [7, 11) is 0. The van der Waals surface area contributed by atoms with Crippen LogP contribution in [0.4, 0.5) is 4.79 Å². The normalized spacial score (nSPS) is 32.5. The average Bonchev–Trinajstić information content (AvgIpc) is 2.57. The van der Waals surface area contributed by atoms with E-state index in [9.17, 15) is 19.2 Å². The maximum Gasteiger partial charge on any atom is 0.329 e. The van der Waals surface area contributed by atoms with E-state index in [4.69, 9.17) is 10.5 Å². The number of carbonyl (C=O) groups is 4. The highest BCUT2D eigenvalue weighted by Gasteiger charge is 2.54. The second-order valence-electron chi connectivity index (χ2n) is 9.35. The van der Waals surface area contributed by atoms with E-state index in [0.29, 0.717) is 17.8 Å². The molecule has 2 atom stereocenters. The Bertz CT molecular complexity index is 639. The van der Waals surface area contributed by atoms with Crippen molar-refractivity contribution in [3.05, 3.63) is 0 Å². The van der Waals surface area contributed by atoms with Gasteiger partial charge in [-0.25, -0.2) is 9.59 Å². The predicted molar refractivity (Wildman–Crippen MR) is 101 cm³/mol. The molecular formula is C20H31N3O5. The lowest BCUT2D eigenvalue weighted by atomic mass is 9.49. The van der Waals surface area contributed by atoms with Gasteiger partial charge in [0, 0.05) is 5.41 Å². The number of carbonyl (C=O) groups excluding carboxylic acids is 4. The summed E-state index contributed by atoms with van der Waals surface area (Å²) in [6.07, 6.45) is 5.26. The van der Waals surface area contributed by atoms with Crippen molar-refractivity contribution in [3.8, 4) is 0 Å². The minimum atomic E-state index is -1.15. The summed E-state index contributed by atoms with van der Waals surface area (Å²) in [5, 5.41) is 4.76. The highest BCUT2D eigenvalue weighted by atomic mass is 16.5. The van der Waals surface area contributed by atoms with E-state index in [1.807, 2.05) is 5.32 Å². The summed E-state index contributed by atoms with van der Waals surface area (Å²) in [6.45, 7) is 4.94. The third-order valence-electron chi connectivity index (χ3n) is 6.57. The van der Waals surface area contributed by atoms with E-state index in [2.05, 4.69) is 5.32 Å². The molecule has 0 heterocycles. The first kappa shape index (κ1) is 20.6. The molecule has 28 heavy (non-hydrogen) atoms. The van der Waals surface area contributed by atoms with Crippen molar-refractivity contribution in [1.29, 1.82) is 0 Å². The first-order chi connectivity index (χ1) is 13.1. The van der Waals surface area contributed by atoms with E-state index in [1.54, 1.807) is 20.8 Å². The van der Waals surface area contributed by atoms with Crippen molar-refractivity contribution in [3.63, 3.8) is 0 Å². The molecule has 0 spiro atoms. The number of nitrogens with two attached hydrogens (primary N) is 1. The Balaban J connectivity index is 1.60. The first-order valence-corrected chi connectivity index (χ1v) is 10.2. The van der Waals surface area contributed by atoms with E-state index in [0.717, 1.165) is 19.3 Å². The first-order valence-electron chi connectivity index (χ1n) is 10.2. The highest BCUT2D eigenvalue weighted by Crippen LogP contribution is 2.60. The second kappa shape index (κ2) is 7.72. The molecule has 4 fully saturated rings. The van der Waals surface area contributed by atoms with E-state index in [-0.39, 0.29) is 17.2 Å². The number of hydrogen-bond acceptors (Lipinski definition) is 5. The van der Waals surface area contributed by atoms with E-state index < -0.39 is 30.1 Å². The molecule has 0 saturated heterocycles. The van der Waals surface area contributed by atoms with Crippen LogP contribution in [-0.4, -0.2) is 36.0 Å². The van der Waals surface area contributed by atoms with Gasteiger partial charge in [0.2, 0.25) is 5.91 Å². The van der Waals surface area contributed by atoms with Gasteiger partial charge in [0.05, 0.1) is 0 Å². The fourth-order valence-corrected chi connectivity index (χ4v) is 5.71. The van der Waals surface area contributed by atoms with E-state index in [1.165, 1.54) is 19.3 Å². The summed E-state index contributed by atoms with van der Waals surface area (Å²) in [5.74, 6) is -0.00817. The molecule has 4 aliphatic rings. The van der Waals surface area contributed by atoms with Crippen LogP contribution < -0.4 is 16.4 Å². The van der Waals surface area contributed by atoms with Crippen LogP contribution in [0.15, 0.2) is 0 Å². The monoisotopic (exact) mass is 393 g/mol. The molecule has 4 rings (SSSR count). The zero-order valence-corrected chi connectivity index (χ0v) is 16.8. The lowest BCUT2D eigenvalue weighted by Crippen LogP contribution is -2.56. The summed E-state index contributed by atoms with van der Waals surface area (Å²) in [4.78, 5) is 48.5. The third kappa shape index (κ3) is 4.15. The molecule has 8 heteroatoms. The Kier molecular flexibility index (Phi) is 5.68. The second-order valence-corrected chi connectivity index (χ2v) is 9.35. The third-order valence-corrected chi connectivity index (χ3v) is 6.57. The number of imide groups is 1. The maximum absolute atomic E-state index is 13.1. The minimum absolute atomic E-state index is 0.0706. The SMILES string of the molecule is CC(C)[C@H](OC(=O)[C@H](C)NC(=O)C12CC3CC(CC(C3)C1)C2)C(=O)NC(N)=O. The van der Waals surface area contributed by atoms with Crippen LogP contribution in [0, 0.1) is 29.1 Å². The molecule has 4 saturated carbocycles. The number of hydrogen-bond donors (Lipinski definition) is 3. The molecule has 0 radical (unpaired) electrons. The van der Waals surface area contributed by atoms with Crippen LogP contribution in [0.1, 0.15) is 59.3 Å². The lowest BCUT2D eigenvalue weighted by Gasteiger charge is -2.55. The Hall–Kier alpha value is -2.12. The van der Waals surface area contributed by atoms with Gasteiger partial charge in [-0.3, -0.25) is 14.9 Å². The van der Waals surface area contributed by atoms with Crippen molar-refractivity contribution < 1.29 is 23.9 Å². The van der Waals surface area contributed by atoms with Gasteiger partial charge in [0.25, 0.3) is 5.91 Å². The molecule has 0 aromatic heterocycles. The summed E-state index contributed by atoms with van der Waals surface area (Å²) >= 11 is 0. The van der Waals surface area contributed by atoms with Crippen LogP contribution in [0.3, 0.4) is 0 Å². The molecule has 4 bridgehead atoms. The molecule has 4 amide bonds. The van der Waals surface area contributed by atoms with Crippen LogP contribution in [-0.2, 0) is 19.1 Å². The molecular weight excluding hydrogens is 362 g/mol. The van der Waals surface area contributed by atoms with Crippen LogP contribution in [0.25, 0.3) is 0 Å². The number of primary amides is 1. The zero-order valence-electron chi connectivity index (χ0n) is 16.8. The van der Waals surface area contributed by atoms with Gasteiger partial charge in [-0.1, -0.05) is 13.8 Å². The maximum atomic E-state index is 13.1. The Labute approximate surface area is 165 Å². The largest absolute Gasteiger partial charge is 0.450 e. The van der Waals surface area contributed by atoms with Crippen LogP contribution in [0.2, 0.25) is 0 Å². The van der Waals surface area contributed by atoms with Crippen molar-refractivity contribution in [2.75, 3.05) is 0 Å². The number of esters is 1. The number of amides is 4. The molecule has 0 aromatic rings. The fourth-order valence-electron chi connectivity index (χ4n) is 5.71. The number of rotatable bonds is 6. The standard InChI is InChI=1S/C20H31N3O5/c1-10(2)15(16(24)23-19(21)27)28-17(25)11(3)22-18(26)20-7-12-4-13(8-20)6-14(5-12)9-20/h10-15H,4-9H2,1-3H3,(H,22,26)(H3,21,23,24,27)/t11-,12?,13?,14?,15-,20?/m0/s1. The van der Waals surface area contributed by atoms with E-state index >= 15 is 0 Å². The Morgan fingerprint density at radius 3 is 1.89 bits per heavy atom. The van der Waals surface area contributed by atoms with Crippen molar-refractivity contribution in [1.82, 2.24) is 10.6 Å². The smallest absolute Gasteiger partial charge is 0.329 e. The predicted octanol–water partition coefficient (Wildman–Crippen LogP) is 1.47. The van der Waals surface area contributed by atoms with Gasteiger partial charge in [0.15, 0.2) is 6.10 Å². The van der Waals surface area contributed by atoms with Gasteiger partial charge in [-0.2, -0.15) is 0 Å². The van der Waals surface area contributed by atoms with Gasteiger partial charge >= 0.3 is 12.0 Å². The summed E-state index contributed by atoms with van der Waals surface area (Å²) < 4.78 is 5.28. The minimum Gasteiger partial charge on any atom is -0.450 e. The van der Waals surface area contributed by atoms with Crippen molar-refractivity contribution >= 4 is 23.8 Å². The van der Waals surface area contributed by atoms with Gasteiger partial charge < -0.3 is 15.8 Å². The topological polar surface area (TPSA) is 128 Å². The molecule has 8 nitrogen and oxygen atoms in total. The molecule has 0 aliphatic heterocycles. The molecule has 0 unspecified atom stereocenters. The number of urea groups is 1. The summed E-state index contributed by atoms with van der Waals surface area (Å²) in [5.41, 5.74) is 4.61. The number of nitrogens with one attached hydrogen (secondary N) is 2. The summed E-state index contributed by atoms with van der Waals surface area (Å²) in [6, 6.07) is -1.88. The molecule has 4 aliphatic carbocycles. The Morgan fingerprint density at radius 2 is 1.46 bits per heavy atom.